The number of nitrogens with zero attached hydrogens (tertiary/aromatic N) is 2. The monoisotopic (exact) mass is 583 g/mol. The molecule has 0 aliphatic rings. The second-order valence-electron chi connectivity index (χ2n) is 9.86. The molecule has 0 saturated heterocycles. The first-order valence-electron chi connectivity index (χ1n) is 13.6. The van der Waals surface area contributed by atoms with Gasteiger partial charge in [0.15, 0.2) is 0 Å². The number of anilines is 1. The van der Waals surface area contributed by atoms with Gasteiger partial charge in [0.25, 0.3) is 10.0 Å². The highest BCUT2D eigenvalue weighted by Gasteiger charge is 2.33. The Balaban J connectivity index is 2.02. The van der Waals surface area contributed by atoms with Crippen molar-refractivity contribution in [3.05, 3.63) is 89.7 Å². The lowest BCUT2D eigenvalue weighted by Crippen LogP contribution is -2.52. The largest absolute Gasteiger partial charge is 0.494 e. The quantitative estimate of drug-likeness (QED) is 0.304. The number of carbonyl (C=O) groups excluding carboxylic acids is 2. The Morgan fingerprint density at radius 1 is 0.951 bits per heavy atom. The summed E-state index contributed by atoms with van der Waals surface area (Å²) in [5, 5.41) is 2.86. The average Bonchev–Trinajstić information content (AvgIpc) is 2.96. The number of aryl methyl sites for hydroxylation is 1. The summed E-state index contributed by atoms with van der Waals surface area (Å²) in [4.78, 5) is 28.2. The molecule has 3 aromatic carbocycles. The van der Waals surface area contributed by atoms with E-state index in [9.17, 15) is 22.4 Å². The van der Waals surface area contributed by atoms with Crippen LogP contribution < -0.4 is 14.4 Å². The van der Waals surface area contributed by atoms with E-state index < -0.39 is 40.2 Å². The Labute approximate surface area is 242 Å². The molecule has 0 bridgehead atoms. The number of amides is 2. The van der Waals surface area contributed by atoms with E-state index in [-0.39, 0.29) is 28.7 Å². The summed E-state index contributed by atoms with van der Waals surface area (Å²) in [6.45, 7) is 8.61. The van der Waals surface area contributed by atoms with Gasteiger partial charge < -0.3 is 15.0 Å². The van der Waals surface area contributed by atoms with Crippen molar-refractivity contribution in [2.45, 2.75) is 64.6 Å². The van der Waals surface area contributed by atoms with Crippen molar-refractivity contribution in [3.8, 4) is 5.75 Å². The molecule has 0 aliphatic carbocycles. The van der Waals surface area contributed by atoms with Crippen LogP contribution in [0.2, 0.25) is 0 Å². The third-order valence-electron chi connectivity index (χ3n) is 6.79. The van der Waals surface area contributed by atoms with Gasteiger partial charge in [0.05, 0.1) is 17.2 Å². The van der Waals surface area contributed by atoms with E-state index in [0.29, 0.717) is 18.8 Å². The SMILES string of the molecule is CCOc1ccc(S(=O)(=O)N(CC(=O)N(Cc2ccccc2F)[C@@H](C)C(=O)N[C@@H](C)CC)c2ccc(C)cc2)cc1. The highest BCUT2D eigenvalue weighted by atomic mass is 32.2. The molecule has 41 heavy (non-hydrogen) atoms. The van der Waals surface area contributed by atoms with Gasteiger partial charge in [-0.3, -0.25) is 13.9 Å². The number of nitrogens with one attached hydrogen (secondary N) is 1. The zero-order valence-corrected chi connectivity index (χ0v) is 24.9. The molecule has 0 spiro atoms. The van der Waals surface area contributed by atoms with Crippen LogP contribution in [0.3, 0.4) is 0 Å². The summed E-state index contributed by atoms with van der Waals surface area (Å²) < 4.78 is 48.9. The van der Waals surface area contributed by atoms with Gasteiger partial charge in [-0.2, -0.15) is 0 Å². The van der Waals surface area contributed by atoms with Gasteiger partial charge in [0, 0.05) is 18.2 Å². The smallest absolute Gasteiger partial charge is 0.264 e. The Bertz CT molecular complexity index is 1430. The lowest BCUT2D eigenvalue weighted by Gasteiger charge is -2.32. The summed E-state index contributed by atoms with van der Waals surface area (Å²) in [6.07, 6.45) is 0.682. The van der Waals surface area contributed by atoms with Crippen molar-refractivity contribution in [2.75, 3.05) is 17.5 Å². The van der Waals surface area contributed by atoms with Crippen LogP contribution in [0.15, 0.2) is 77.7 Å². The predicted octanol–water partition coefficient (Wildman–Crippen LogP) is 5.06. The second-order valence-corrected chi connectivity index (χ2v) is 11.7. The number of benzene rings is 3. The molecule has 0 aliphatic heterocycles. The van der Waals surface area contributed by atoms with Gasteiger partial charge >= 0.3 is 0 Å². The van der Waals surface area contributed by atoms with Gasteiger partial charge in [-0.15, -0.1) is 0 Å². The maximum atomic E-state index is 14.7. The molecule has 3 rings (SSSR count). The molecule has 0 radical (unpaired) electrons. The standard InChI is InChI=1S/C31H38FN3O5S/c1-6-23(4)33-31(37)24(5)34(20-25-10-8-9-11-29(25)32)30(36)21-35(26-14-12-22(3)13-15-26)41(38,39)28-18-16-27(17-19-28)40-7-2/h8-19,23-24H,6-7,20-21H2,1-5H3,(H,33,37)/t23-,24-/m0/s1. The summed E-state index contributed by atoms with van der Waals surface area (Å²) in [6, 6.07) is 17.5. The van der Waals surface area contributed by atoms with E-state index >= 15 is 0 Å². The number of carbonyl (C=O) groups is 2. The van der Waals surface area contributed by atoms with Crippen LogP contribution in [0.5, 0.6) is 5.75 Å². The fraction of sp³-hybridized carbons (Fsp3) is 0.355. The van der Waals surface area contributed by atoms with Crippen LogP contribution in [0.4, 0.5) is 10.1 Å². The molecule has 1 N–H and O–H groups in total. The summed E-state index contributed by atoms with van der Waals surface area (Å²) in [5.74, 6) is -1.09. The minimum Gasteiger partial charge on any atom is -0.494 e. The molecule has 0 heterocycles. The average molecular weight is 584 g/mol. The molecule has 10 heteroatoms. The molecule has 2 amide bonds. The molecule has 8 nitrogen and oxygen atoms in total. The molecule has 0 aromatic heterocycles. The van der Waals surface area contributed by atoms with E-state index in [0.717, 1.165) is 9.87 Å². The number of halogens is 1. The van der Waals surface area contributed by atoms with E-state index in [1.807, 2.05) is 27.7 Å². The predicted molar refractivity (Wildman–Crippen MR) is 158 cm³/mol. The topological polar surface area (TPSA) is 96.0 Å². The zero-order valence-electron chi connectivity index (χ0n) is 24.1. The summed E-state index contributed by atoms with van der Waals surface area (Å²) in [7, 11) is -4.22. The van der Waals surface area contributed by atoms with Crippen molar-refractivity contribution in [1.82, 2.24) is 10.2 Å². The fourth-order valence-electron chi connectivity index (χ4n) is 4.10. The van der Waals surface area contributed by atoms with E-state index in [1.165, 1.54) is 35.2 Å². The van der Waals surface area contributed by atoms with Crippen LogP contribution in [-0.4, -0.2) is 50.4 Å². The second kappa shape index (κ2) is 14.1. The lowest BCUT2D eigenvalue weighted by atomic mass is 10.1. The summed E-state index contributed by atoms with van der Waals surface area (Å²) >= 11 is 0. The van der Waals surface area contributed by atoms with Gasteiger partial charge in [-0.05, 0) is 76.6 Å². The third kappa shape index (κ3) is 8.07. The number of rotatable bonds is 13. The van der Waals surface area contributed by atoms with Gasteiger partial charge in [-0.25, -0.2) is 12.8 Å². The molecular formula is C31H38FN3O5S. The molecule has 0 fully saturated rings. The maximum Gasteiger partial charge on any atom is 0.264 e. The van der Waals surface area contributed by atoms with Crippen molar-refractivity contribution in [2.24, 2.45) is 0 Å². The number of ether oxygens (including phenoxy) is 1. The zero-order chi connectivity index (χ0) is 30.2. The van der Waals surface area contributed by atoms with Crippen LogP contribution in [-0.2, 0) is 26.2 Å². The van der Waals surface area contributed by atoms with Crippen LogP contribution in [0.1, 0.15) is 45.2 Å². The first-order valence-corrected chi connectivity index (χ1v) is 15.1. The lowest BCUT2D eigenvalue weighted by molar-refractivity contribution is -0.139. The van der Waals surface area contributed by atoms with Crippen molar-refractivity contribution in [1.29, 1.82) is 0 Å². The molecule has 3 aromatic rings. The maximum absolute atomic E-state index is 14.7. The van der Waals surface area contributed by atoms with Gasteiger partial charge in [0.2, 0.25) is 11.8 Å². The van der Waals surface area contributed by atoms with Crippen molar-refractivity contribution >= 4 is 27.5 Å². The first kappa shape index (κ1) is 31.6. The molecular weight excluding hydrogens is 545 g/mol. The summed E-state index contributed by atoms with van der Waals surface area (Å²) in [5.41, 5.74) is 1.40. The van der Waals surface area contributed by atoms with E-state index in [2.05, 4.69) is 5.32 Å². The number of hydrogen-bond donors (Lipinski definition) is 1. The van der Waals surface area contributed by atoms with Gasteiger partial charge in [-0.1, -0.05) is 42.8 Å². The Kier molecular flexibility index (Phi) is 10.9. The van der Waals surface area contributed by atoms with Crippen LogP contribution in [0, 0.1) is 12.7 Å². The highest BCUT2D eigenvalue weighted by Crippen LogP contribution is 2.26. The van der Waals surface area contributed by atoms with Crippen molar-refractivity contribution in [3.63, 3.8) is 0 Å². The Morgan fingerprint density at radius 3 is 2.17 bits per heavy atom. The van der Waals surface area contributed by atoms with Gasteiger partial charge in [0.1, 0.15) is 24.2 Å². The number of hydrogen-bond acceptors (Lipinski definition) is 5. The molecule has 220 valence electrons. The van der Waals surface area contributed by atoms with Crippen LogP contribution in [0.25, 0.3) is 0 Å². The molecule has 0 saturated carbocycles. The molecule has 0 unspecified atom stereocenters. The third-order valence-corrected chi connectivity index (χ3v) is 8.58. The van der Waals surface area contributed by atoms with Crippen molar-refractivity contribution < 1.29 is 27.1 Å². The van der Waals surface area contributed by atoms with Crippen LogP contribution >= 0.6 is 0 Å². The highest BCUT2D eigenvalue weighted by molar-refractivity contribution is 7.92. The van der Waals surface area contributed by atoms with E-state index in [4.69, 9.17) is 4.74 Å². The first-order chi connectivity index (χ1) is 19.5. The fourth-order valence-corrected chi connectivity index (χ4v) is 5.51. The Morgan fingerprint density at radius 2 is 1.59 bits per heavy atom. The minimum absolute atomic E-state index is 0.0301. The Hall–Kier alpha value is -3.92. The normalized spacial score (nSPS) is 12.7. The van der Waals surface area contributed by atoms with E-state index in [1.54, 1.807) is 49.4 Å². The number of sulfonamides is 1. The minimum atomic E-state index is -4.22. The molecule has 2 atom stereocenters.